The Kier molecular flexibility index (Phi) is 4.97. The molecule has 2 aromatic rings. The highest BCUT2D eigenvalue weighted by Crippen LogP contribution is 2.19. The Balaban J connectivity index is 1.99. The van der Waals surface area contributed by atoms with Crippen LogP contribution in [0.15, 0.2) is 54.6 Å². The summed E-state index contributed by atoms with van der Waals surface area (Å²) in [4.78, 5) is 0. The highest BCUT2D eigenvalue weighted by molar-refractivity contribution is 5.63. The molecule has 20 heavy (non-hydrogen) atoms. The third kappa shape index (κ3) is 4.21. The van der Waals surface area contributed by atoms with Crippen molar-refractivity contribution >= 4 is 0 Å². The summed E-state index contributed by atoms with van der Waals surface area (Å²) in [6.45, 7) is 7.71. The fraction of sp³-hybridized carbons (Fsp3) is 0.368. The quantitative estimate of drug-likeness (QED) is 0.774. The Morgan fingerprint density at radius 1 is 0.850 bits per heavy atom. The molecule has 2 rings (SSSR count). The van der Waals surface area contributed by atoms with Gasteiger partial charge in [-0.3, -0.25) is 0 Å². The van der Waals surface area contributed by atoms with Gasteiger partial charge in [0.2, 0.25) is 0 Å². The van der Waals surface area contributed by atoms with Gasteiger partial charge in [0.25, 0.3) is 0 Å². The zero-order chi connectivity index (χ0) is 14.4. The molecule has 0 fully saturated rings. The monoisotopic (exact) mass is 267 g/mol. The summed E-state index contributed by atoms with van der Waals surface area (Å²) in [5, 5.41) is 3.64. The molecule has 0 aromatic heterocycles. The van der Waals surface area contributed by atoms with E-state index in [-0.39, 0.29) is 5.54 Å². The predicted molar refractivity (Wildman–Crippen MR) is 87.7 cm³/mol. The molecule has 0 heterocycles. The molecule has 2 aromatic carbocycles. The second kappa shape index (κ2) is 6.71. The maximum absolute atomic E-state index is 3.64. The van der Waals surface area contributed by atoms with Gasteiger partial charge in [-0.05, 0) is 37.0 Å². The molecule has 0 atom stereocenters. The summed E-state index contributed by atoms with van der Waals surface area (Å²) < 4.78 is 0. The molecule has 0 unspecified atom stereocenters. The van der Waals surface area contributed by atoms with E-state index in [4.69, 9.17) is 0 Å². The van der Waals surface area contributed by atoms with Crippen LogP contribution in [0.2, 0.25) is 0 Å². The fourth-order valence-electron chi connectivity index (χ4n) is 2.50. The Labute approximate surface area is 123 Å². The van der Waals surface area contributed by atoms with Gasteiger partial charge in [-0.15, -0.1) is 0 Å². The topological polar surface area (TPSA) is 12.0 Å². The first-order valence-corrected chi connectivity index (χ1v) is 7.50. The van der Waals surface area contributed by atoms with Gasteiger partial charge < -0.3 is 5.32 Å². The van der Waals surface area contributed by atoms with Crippen LogP contribution in [0.4, 0.5) is 0 Å². The minimum Gasteiger partial charge on any atom is -0.308 e. The van der Waals surface area contributed by atoms with Gasteiger partial charge in [0.05, 0.1) is 0 Å². The van der Waals surface area contributed by atoms with Crippen molar-refractivity contribution in [1.29, 1.82) is 0 Å². The van der Waals surface area contributed by atoms with E-state index in [1.54, 1.807) is 0 Å². The number of hydrogen-bond acceptors (Lipinski definition) is 1. The molecule has 0 aliphatic rings. The molecule has 106 valence electrons. The highest BCUT2D eigenvalue weighted by atomic mass is 14.9. The predicted octanol–water partition coefficient (Wildman–Crippen LogP) is 5.02. The molecule has 0 saturated heterocycles. The molecule has 1 N–H and O–H groups in total. The first-order valence-electron chi connectivity index (χ1n) is 7.50. The average Bonchev–Trinajstić information content (AvgIpc) is 2.47. The Morgan fingerprint density at radius 2 is 1.45 bits per heavy atom. The maximum atomic E-state index is 3.64. The van der Waals surface area contributed by atoms with Crippen LogP contribution in [-0.4, -0.2) is 5.54 Å². The van der Waals surface area contributed by atoms with Gasteiger partial charge in [0.1, 0.15) is 0 Å². The fourth-order valence-corrected chi connectivity index (χ4v) is 2.50. The zero-order valence-corrected chi connectivity index (χ0v) is 12.8. The van der Waals surface area contributed by atoms with Crippen molar-refractivity contribution in [2.45, 2.75) is 45.7 Å². The lowest BCUT2D eigenvalue weighted by atomic mass is 9.98. The van der Waals surface area contributed by atoms with Crippen LogP contribution < -0.4 is 5.32 Å². The minimum absolute atomic E-state index is 0.215. The molecule has 0 bridgehead atoms. The summed E-state index contributed by atoms with van der Waals surface area (Å²) in [5.41, 5.74) is 4.11. The lowest BCUT2D eigenvalue weighted by molar-refractivity contribution is 0.357. The lowest BCUT2D eigenvalue weighted by Crippen LogP contribution is -2.38. The van der Waals surface area contributed by atoms with Gasteiger partial charge in [-0.2, -0.15) is 0 Å². The summed E-state index contributed by atoms with van der Waals surface area (Å²) >= 11 is 0. The molecule has 0 aliphatic heterocycles. The van der Waals surface area contributed by atoms with E-state index in [0.29, 0.717) is 0 Å². The van der Waals surface area contributed by atoms with Crippen molar-refractivity contribution in [1.82, 2.24) is 5.32 Å². The number of rotatable bonds is 6. The summed E-state index contributed by atoms with van der Waals surface area (Å²) in [5.74, 6) is 0. The number of nitrogens with one attached hydrogen (secondary N) is 1. The van der Waals surface area contributed by atoms with Crippen molar-refractivity contribution in [3.05, 3.63) is 60.2 Å². The van der Waals surface area contributed by atoms with E-state index in [0.717, 1.165) is 6.54 Å². The van der Waals surface area contributed by atoms with Crippen LogP contribution in [0, 0.1) is 0 Å². The van der Waals surface area contributed by atoms with Crippen LogP contribution in [-0.2, 0) is 6.54 Å². The van der Waals surface area contributed by atoms with E-state index in [1.165, 1.54) is 29.5 Å². The standard InChI is InChI=1S/C19H25N/c1-4-14-19(2,3)20-15-16-10-12-18(13-11-16)17-8-6-5-7-9-17/h5-13,20H,4,14-15H2,1-3H3. The highest BCUT2D eigenvalue weighted by Gasteiger charge is 2.14. The van der Waals surface area contributed by atoms with Gasteiger partial charge >= 0.3 is 0 Å². The normalized spacial score (nSPS) is 11.6. The van der Waals surface area contributed by atoms with Gasteiger partial charge in [-0.1, -0.05) is 67.9 Å². The van der Waals surface area contributed by atoms with E-state index in [9.17, 15) is 0 Å². The van der Waals surface area contributed by atoms with E-state index in [1.807, 2.05) is 0 Å². The van der Waals surface area contributed by atoms with Crippen LogP contribution in [0.1, 0.15) is 39.2 Å². The lowest BCUT2D eigenvalue weighted by Gasteiger charge is -2.26. The minimum atomic E-state index is 0.215. The van der Waals surface area contributed by atoms with Crippen LogP contribution in [0.5, 0.6) is 0 Å². The Hall–Kier alpha value is -1.60. The largest absolute Gasteiger partial charge is 0.308 e. The first-order chi connectivity index (χ1) is 9.61. The van der Waals surface area contributed by atoms with Gasteiger partial charge in [-0.25, -0.2) is 0 Å². The Morgan fingerprint density at radius 3 is 2.05 bits per heavy atom. The SMILES string of the molecule is CCCC(C)(C)NCc1ccc(-c2ccccc2)cc1. The van der Waals surface area contributed by atoms with Gasteiger partial charge in [0, 0.05) is 12.1 Å². The Bertz CT molecular complexity index is 511. The summed E-state index contributed by atoms with van der Waals surface area (Å²) in [6.07, 6.45) is 2.42. The third-order valence-corrected chi connectivity index (χ3v) is 3.71. The second-order valence-electron chi connectivity index (χ2n) is 6.05. The van der Waals surface area contributed by atoms with Crippen molar-refractivity contribution < 1.29 is 0 Å². The van der Waals surface area contributed by atoms with Gasteiger partial charge in [0.15, 0.2) is 0 Å². The molecule has 0 radical (unpaired) electrons. The maximum Gasteiger partial charge on any atom is 0.0210 e. The number of benzene rings is 2. The van der Waals surface area contributed by atoms with Crippen molar-refractivity contribution in [2.75, 3.05) is 0 Å². The first kappa shape index (κ1) is 14.8. The third-order valence-electron chi connectivity index (χ3n) is 3.71. The molecule has 1 heteroatoms. The molecular weight excluding hydrogens is 242 g/mol. The smallest absolute Gasteiger partial charge is 0.0210 e. The van der Waals surface area contributed by atoms with E-state index >= 15 is 0 Å². The van der Waals surface area contributed by atoms with Crippen LogP contribution >= 0.6 is 0 Å². The molecule has 0 aliphatic carbocycles. The van der Waals surface area contributed by atoms with Crippen LogP contribution in [0.3, 0.4) is 0 Å². The summed E-state index contributed by atoms with van der Waals surface area (Å²) in [6, 6.07) is 19.4. The summed E-state index contributed by atoms with van der Waals surface area (Å²) in [7, 11) is 0. The molecule has 0 spiro atoms. The molecular formula is C19H25N. The van der Waals surface area contributed by atoms with E-state index < -0.39 is 0 Å². The van der Waals surface area contributed by atoms with Crippen molar-refractivity contribution in [3.8, 4) is 11.1 Å². The second-order valence-corrected chi connectivity index (χ2v) is 6.05. The average molecular weight is 267 g/mol. The van der Waals surface area contributed by atoms with Crippen molar-refractivity contribution in [2.24, 2.45) is 0 Å². The van der Waals surface area contributed by atoms with E-state index in [2.05, 4.69) is 80.7 Å². The van der Waals surface area contributed by atoms with Crippen molar-refractivity contribution in [3.63, 3.8) is 0 Å². The zero-order valence-electron chi connectivity index (χ0n) is 12.8. The molecule has 0 amide bonds. The van der Waals surface area contributed by atoms with Crippen LogP contribution in [0.25, 0.3) is 11.1 Å². The molecule has 1 nitrogen and oxygen atoms in total. The molecule has 0 saturated carbocycles. The number of hydrogen-bond donors (Lipinski definition) is 1.